The highest BCUT2D eigenvalue weighted by Crippen LogP contribution is 2.29. The Bertz CT molecular complexity index is 835. The zero-order valence-corrected chi connectivity index (χ0v) is 12.3. The highest BCUT2D eigenvalue weighted by molar-refractivity contribution is 7.88. The lowest BCUT2D eigenvalue weighted by Crippen LogP contribution is -2.40. The Kier molecular flexibility index (Phi) is 3.80. The number of aromatic nitrogens is 1. The molecule has 1 N–H and O–H groups in total. The van der Waals surface area contributed by atoms with Crippen LogP contribution >= 0.6 is 0 Å². The Morgan fingerprint density at radius 1 is 1.26 bits per heavy atom. The lowest BCUT2D eigenvalue weighted by molar-refractivity contribution is -0.0500. The van der Waals surface area contributed by atoms with Gasteiger partial charge in [0.2, 0.25) is 0 Å². The van der Waals surface area contributed by atoms with Gasteiger partial charge in [0.15, 0.2) is 0 Å². The SMILES string of the molecule is O=S(=O)(Oc1ccc2ncc(NC3COC3)cc2c1)C(F)(F)F. The molecule has 0 amide bonds. The van der Waals surface area contributed by atoms with Crippen molar-refractivity contribution in [2.45, 2.75) is 11.6 Å². The summed E-state index contributed by atoms with van der Waals surface area (Å²) in [5.41, 5.74) is -4.33. The van der Waals surface area contributed by atoms with E-state index in [9.17, 15) is 21.6 Å². The van der Waals surface area contributed by atoms with Crippen LogP contribution < -0.4 is 9.50 Å². The molecule has 2 aromatic rings. The van der Waals surface area contributed by atoms with Gasteiger partial charge in [-0.1, -0.05) is 0 Å². The van der Waals surface area contributed by atoms with Crippen LogP contribution in [0.3, 0.4) is 0 Å². The molecule has 3 rings (SSSR count). The molecule has 124 valence electrons. The van der Waals surface area contributed by atoms with Crippen LogP contribution in [0, 0.1) is 0 Å². The van der Waals surface area contributed by atoms with E-state index in [1.54, 1.807) is 12.3 Å². The smallest absolute Gasteiger partial charge is 0.377 e. The molecule has 1 aliphatic rings. The monoisotopic (exact) mass is 348 g/mol. The Morgan fingerprint density at radius 2 is 2.00 bits per heavy atom. The molecule has 6 nitrogen and oxygen atoms in total. The van der Waals surface area contributed by atoms with E-state index in [4.69, 9.17) is 4.74 Å². The van der Waals surface area contributed by atoms with Crippen LogP contribution in [0.4, 0.5) is 18.9 Å². The average molecular weight is 348 g/mol. The molecule has 1 saturated heterocycles. The number of fused-ring (bicyclic) bond motifs is 1. The maximum absolute atomic E-state index is 12.3. The zero-order chi connectivity index (χ0) is 16.7. The van der Waals surface area contributed by atoms with Crippen molar-refractivity contribution < 1.29 is 30.5 Å². The number of rotatable bonds is 4. The van der Waals surface area contributed by atoms with Crippen LogP contribution in [0.1, 0.15) is 0 Å². The molecule has 0 saturated carbocycles. The Labute approximate surface area is 129 Å². The van der Waals surface area contributed by atoms with Gasteiger partial charge in [-0.3, -0.25) is 4.98 Å². The lowest BCUT2D eigenvalue weighted by atomic mass is 10.2. The van der Waals surface area contributed by atoms with E-state index in [0.29, 0.717) is 29.8 Å². The van der Waals surface area contributed by atoms with Gasteiger partial charge < -0.3 is 14.2 Å². The average Bonchev–Trinajstić information content (AvgIpc) is 2.41. The number of hydrogen-bond donors (Lipinski definition) is 1. The second kappa shape index (κ2) is 5.53. The summed E-state index contributed by atoms with van der Waals surface area (Å²) in [6.45, 7) is 1.12. The van der Waals surface area contributed by atoms with E-state index in [-0.39, 0.29) is 6.04 Å². The number of nitrogens with one attached hydrogen (secondary N) is 1. The molecule has 1 aliphatic heterocycles. The first kappa shape index (κ1) is 15.8. The van der Waals surface area contributed by atoms with E-state index >= 15 is 0 Å². The maximum Gasteiger partial charge on any atom is 0.534 e. The van der Waals surface area contributed by atoms with E-state index in [1.165, 1.54) is 12.1 Å². The van der Waals surface area contributed by atoms with E-state index in [1.807, 2.05) is 0 Å². The second-order valence-electron chi connectivity index (χ2n) is 4.94. The number of halogens is 3. The highest BCUT2D eigenvalue weighted by atomic mass is 32.2. The van der Waals surface area contributed by atoms with Gasteiger partial charge in [0, 0.05) is 5.39 Å². The molecule has 0 radical (unpaired) electrons. The molecule has 2 heterocycles. The largest absolute Gasteiger partial charge is 0.534 e. The third-order valence-electron chi connectivity index (χ3n) is 3.15. The van der Waals surface area contributed by atoms with Crippen LogP contribution in [0.25, 0.3) is 10.9 Å². The van der Waals surface area contributed by atoms with Gasteiger partial charge in [-0.25, -0.2) is 0 Å². The number of hydrogen-bond acceptors (Lipinski definition) is 6. The molecule has 0 atom stereocenters. The molecule has 0 aliphatic carbocycles. The minimum Gasteiger partial charge on any atom is -0.377 e. The van der Waals surface area contributed by atoms with E-state index in [0.717, 1.165) is 6.07 Å². The first-order valence-electron chi connectivity index (χ1n) is 6.49. The topological polar surface area (TPSA) is 77.5 Å². The Balaban J connectivity index is 1.87. The summed E-state index contributed by atoms with van der Waals surface area (Å²) in [7, 11) is -5.70. The Morgan fingerprint density at radius 3 is 2.61 bits per heavy atom. The summed E-state index contributed by atoms with van der Waals surface area (Å²) < 4.78 is 68.2. The predicted molar refractivity (Wildman–Crippen MR) is 75.6 cm³/mol. The van der Waals surface area contributed by atoms with Gasteiger partial charge in [-0.15, -0.1) is 0 Å². The summed E-state index contributed by atoms with van der Waals surface area (Å²) in [6, 6.07) is 5.49. The van der Waals surface area contributed by atoms with E-state index < -0.39 is 21.4 Å². The number of nitrogens with zero attached hydrogens (tertiary/aromatic N) is 1. The minimum absolute atomic E-state index is 0.152. The molecule has 1 aromatic heterocycles. The standard InChI is InChI=1S/C13H11F3N2O4S/c14-13(15,16)23(19,20)22-11-1-2-12-8(4-11)3-9(5-17-12)18-10-6-21-7-10/h1-5,10,18H,6-7H2. The van der Waals surface area contributed by atoms with Gasteiger partial charge in [0.1, 0.15) is 5.75 Å². The van der Waals surface area contributed by atoms with Crippen molar-refractivity contribution in [1.82, 2.24) is 4.98 Å². The van der Waals surface area contributed by atoms with Gasteiger partial charge in [0.25, 0.3) is 0 Å². The van der Waals surface area contributed by atoms with Crippen LogP contribution in [0.15, 0.2) is 30.5 Å². The van der Waals surface area contributed by atoms with Crippen molar-refractivity contribution in [1.29, 1.82) is 0 Å². The summed E-state index contributed by atoms with van der Waals surface area (Å²) in [6.07, 6.45) is 1.58. The maximum atomic E-state index is 12.3. The number of alkyl halides is 3. The lowest BCUT2D eigenvalue weighted by Gasteiger charge is -2.27. The molecular formula is C13H11F3N2O4S. The van der Waals surface area contributed by atoms with Gasteiger partial charge in [-0.05, 0) is 24.3 Å². The zero-order valence-electron chi connectivity index (χ0n) is 11.5. The van der Waals surface area contributed by atoms with Crippen LogP contribution in [0.5, 0.6) is 5.75 Å². The highest BCUT2D eigenvalue weighted by Gasteiger charge is 2.48. The van der Waals surface area contributed by atoms with Crippen molar-refractivity contribution in [2.24, 2.45) is 0 Å². The number of benzene rings is 1. The van der Waals surface area contributed by atoms with Crippen LogP contribution in [-0.4, -0.2) is 38.2 Å². The van der Waals surface area contributed by atoms with Crippen molar-refractivity contribution in [2.75, 3.05) is 18.5 Å². The minimum atomic E-state index is -5.70. The summed E-state index contributed by atoms with van der Waals surface area (Å²) in [5, 5.41) is 3.59. The van der Waals surface area contributed by atoms with Crippen molar-refractivity contribution in [3.05, 3.63) is 30.5 Å². The van der Waals surface area contributed by atoms with Gasteiger partial charge in [-0.2, -0.15) is 21.6 Å². The van der Waals surface area contributed by atoms with Crippen molar-refractivity contribution in [3.63, 3.8) is 0 Å². The third-order valence-corrected chi connectivity index (χ3v) is 4.13. The molecule has 0 unspecified atom stereocenters. The fourth-order valence-electron chi connectivity index (χ4n) is 1.97. The third kappa shape index (κ3) is 3.32. The van der Waals surface area contributed by atoms with Gasteiger partial charge in [0.05, 0.1) is 36.7 Å². The predicted octanol–water partition coefficient (Wildman–Crippen LogP) is 2.27. The first-order chi connectivity index (χ1) is 10.7. The Hall–Kier alpha value is -2.07. The van der Waals surface area contributed by atoms with Crippen molar-refractivity contribution in [3.8, 4) is 5.75 Å². The molecule has 1 aromatic carbocycles. The van der Waals surface area contributed by atoms with Gasteiger partial charge >= 0.3 is 15.6 Å². The quantitative estimate of drug-likeness (QED) is 0.675. The fraction of sp³-hybridized carbons (Fsp3) is 0.308. The molecule has 0 spiro atoms. The summed E-state index contributed by atoms with van der Waals surface area (Å²) in [4.78, 5) is 4.15. The first-order valence-corrected chi connectivity index (χ1v) is 7.90. The van der Waals surface area contributed by atoms with E-state index in [2.05, 4.69) is 14.5 Å². The molecular weight excluding hydrogens is 337 g/mol. The molecule has 0 bridgehead atoms. The normalized spacial score (nSPS) is 16.1. The van der Waals surface area contributed by atoms with Crippen LogP contribution in [0.2, 0.25) is 0 Å². The van der Waals surface area contributed by atoms with Crippen molar-refractivity contribution >= 4 is 26.7 Å². The molecule has 10 heteroatoms. The summed E-state index contributed by atoms with van der Waals surface area (Å²) >= 11 is 0. The number of anilines is 1. The fourth-order valence-corrected chi connectivity index (χ4v) is 2.42. The summed E-state index contributed by atoms with van der Waals surface area (Å²) in [5.74, 6) is -0.430. The molecule has 23 heavy (non-hydrogen) atoms. The second-order valence-corrected chi connectivity index (χ2v) is 6.48. The molecule has 1 fully saturated rings. The number of ether oxygens (including phenoxy) is 1. The van der Waals surface area contributed by atoms with Crippen LogP contribution in [-0.2, 0) is 14.9 Å². The number of pyridine rings is 1.